The maximum Gasteiger partial charge on any atom is 0.499 e. The number of benzene rings is 1. The van der Waals surface area contributed by atoms with Crippen LogP contribution in [0.3, 0.4) is 0 Å². The van der Waals surface area contributed by atoms with Crippen molar-refractivity contribution in [3.63, 3.8) is 0 Å². The lowest BCUT2D eigenvalue weighted by molar-refractivity contribution is -0.360. The van der Waals surface area contributed by atoms with Gasteiger partial charge in [-0.1, -0.05) is 12.1 Å². The van der Waals surface area contributed by atoms with E-state index in [4.69, 9.17) is 0 Å². The van der Waals surface area contributed by atoms with Gasteiger partial charge >= 0.3 is 12.3 Å². The van der Waals surface area contributed by atoms with Crippen LogP contribution in [0, 0.1) is 0 Å². The molecule has 10 heteroatoms. The molecule has 0 radical (unpaired) electrons. The molecule has 0 aromatic heterocycles. The highest BCUT2D eigenvalue weighted by molar-refractivity contribution is 7.93. The second-order valence-electron chi connectivity index (χ2n) is 6.49. The summed E-state index contributed by atoms with van der Waals surface area (Å²) in [5, 5.41) is 9.44. The predicted molar refractivity (Wildman–Crippen MR) is 76.9 cm³/mol. The van der Waals surface area contributed by atoms with E-state index in [0.29, 0.717) is 12.8 Å². The summed E-state index contributed by atoms with van der Waals surface area (Å²) < 4.78 is 90.0. The molecule has 1 aromatic carbocycles. The summed E-state index contributed by atoms with van der Waals surface area (Å²) in [6, 6.07) is 4.16. The van der Waals surface area contributed by atoms with Gasteiger partial charge in [0, 0.05) is 0 Å². The van der Waals surface area contributed by atoms with Crippen molar-refractivity contribution in [2.75, 3.05) is 0 Å². The lowest BCUT2D eigenvalue weighted by Gasteiger charge is -2.36. The van der Waals surface area contributed by atoms with E-state index in [1.807, 2.05) is 0 Å². The minimum atomic E-state index is -5.85. The Morgan fingerprint density at radius 1 is 1.00 bits per heavy atom. The van der Waals surface area contributed by atoms with E-state index < -0.39 is 44.0 Å². The number of fused-ring (bicyclic) bond motifs is 2. The van der Waals surface area contributed by atoms with Crippen molar-refractivity contribution in [2.45, 2.75) is 54.1 Å². The van der Waals surface area contributed by atoms with Gasteiger partial charge in [0.15, 0.2) is 9.84 Å². The zero-order valence-electron chi connectivity index (χ0n) is 12.8. The first kappa shape index (κ1) is 18.4. The number of hydrogen-bond acceptors (Lipinski definition) is 4. The molecule has 2 saturated heterocycles. The van der Waals surface area contributed by atoms with E-state index in [9.17, 15) is 35.5 Å². The molecule has 2 aliphatic rings. The Hall–Kier alpha value is -1.42. The van der Waals surface area contributed by atoms with E-state index in [1.165, 1.54) is 12.1 Å². The van der Waals surface area contributed by atoms with Crippen LogP contribution >= 0.6 is 0 Å². The molecule has 140 valence electrons. The maximum atomic E-state index is 12.9. The lowest BCUT2D eigenvalue weighted by atomic mass is 9.86. The van der Waals surface area contributed by atoms with Crippen LogP contribution in [0.15, 0.2) is 24.3 Å². The average molecular weight is 386 g/mol. The third-order valence-electron chi connectivity index (χ3n) is 4.84. The molecule has 0 amide bonds. The molecule has 2 aliphatic heterocycles. The van der Waals surface area contributed by atoms with Crippen LogP contribution in [0.5, 0.6) is 5.75 Å². The van der Waals surface area contributed by atoms with Crippen LogP contribution in [-0.4, -0.2) is 36.3 Å². The minimum Gasteiger partial charge on any atom is -0.426 e. The van der Waals surface area contributed by atoms with Gasteiger partial charge in [-0.25, -0.2) is 8.42 Å². The summed E-state index contributed by atoms with van der Waals surface area (Å²) in [6.07, 6.45) is -10.3. The van der Waals surface area contributed by atoms with E-state index in [1.54, 1.807) is 0 Å². The number of hydrogen-bond donors (Lipinski definition) is 1. The van der Waals surface area contributed by atoms with Gasteiger partial charge in [0.25, 0.3) is 0 Å². The maximum absolute atomic E-state index is 12.9. The Balaban J connectivity index is 1.80. The minimum absolute atomic E-state index is 0.0231. The van der Waals surface area contributed by atoms with Crippen molar-refractivity contribution in [3.8, 4) is 5.75 Å². The van der Waals surface area contributed by atoms with Crippen LogP contribution in [0.4, 0.5) is 22.0 Å². The van der Waals surface area contributed by atoms with Crippen LogP contribution in [0.2, 0.25) is 0 Å². The first-order chi connectivity index (χ1) is 11.4. The third kappa shape index (κ3) is 3.10. The molecule has 25 heavy (non-hydrogen) atoms. The second-order valence-corrected chi connectivity index (χ2v) is 9.00. The van der Waals surface area contributed by atoms with Crippen molar-refractivity contribution in [1.29, 1.82) is 0 Å². The molecule has 2 atom stereocenters. The number of alkyl halides is 5. The highest BCUT2D eigenvalue weighted by Crippen LogP contribution is 2.48. The molecule has 2 bridgehead atoms. The summed E-state index contributed by atoms with van der Waals surface area (Å²) in [4.78, 5) is 0. The molecule has 2 fully saturated rings. The molecule has 3 rings (SSSR count). The van der Waals surface area contributed by atoms with E-state index >= 15 is 0 Å². The Bertz CT molecular complexity index is 737. The SMILES string of the molecule is O=S1(=O)C2CCC1CC(O)(c1ccc(OC(F)(F)C(F)(F)F)cc1)C2. The Morgan fingerprint density at radius 3 is 1.92 bits per heavy atom. The number of sulfone groups is 1. The van der Waals surface area contributed by atoms with Crippen LogP contribution in [0.25, 0.3) is 0 Å². The van der Waals surface area contributed by atoms with Crippen molar-refractivity contribution in [3.05, 3.63) is 29.8 Å². The van der Waals surface area contributed by atoms with Crippen LogP contribution < -0.4 is 4.74 Å². The quantitative estimate of drug-likeness (QED) is 0.811. The van der Waals surface area contributed by atoms with Gasteiger partial charge in [0.05, 0.1) is 16.1 Å². The molecule has 2 heterocycles. The van der Waals surface area contributed by atoms with Gasteiger partial charge in [-0.05, 0) is 43.4 Å². The second kappa shape index (κ2) is 5.54. The van der Waals surface area contributed by atoms with E-state index in [-0.39, 0.29) is 18.4 Å². The van der Waals surface area contributed by atoms with Crippen molar-refractivity contribution in [2.24, 2.45) is 0 Å². The Morgan fingerprint density at radius 2 is 1.48 bits per heavy atom. The summed E-state index contributed by atoms with van der Waals surface area (Å²) >= 11 is 0. The fourth-order valence-corrected chi connectivity index (χ4v) is 6.01. The summed E-state index contributed by atoms with van der Waals surface area (Å²) in [5.74, 6) is -0.707. The van der Waals surface area contributed by atoms with E-state index in [0.717, 1.165) is 12.1 Å². The molecular weight excluding hydrogens is 371 g/mol. The van der Waals surface area contributed by atoms with Crippen molar-refractivity contribution in [1.82, 2.24) is 0 Å². The normalized spacial score (nSPS) is 31.8. The molecule has 1 N–H and O–H groups in total. The molecular formula is C15H15F5O4S. The zero-order valence-corrected chi connectivity index (χ0v) is 13.6. The monoisotopic (exact) mass is 386 g/mol. The standard InChI is InChI=1S/C15H15F5O4S/c16-14(17,18)15(19,20)24-10-3-1-9(2-4-10)13(21)7-11-5-6-12(8-13)25(11,22)23/h1-4,11-12,21H,5-8H2. The van der Waals surface area contributed by atoms with Gasteiger partial charge < -0.3 is 9.84 Å². The number of halogens is 5. The number of rotatable bonds is 3. The highest BCUT2D eigenvalue weighted by Gasteiger charge is 2.61. The summed E-state index contributed by atoms with van der Waals surface area (Å²) in [6.45, 7) is 0. The average Bonchev–Trinajstić information content (AvgIpc) is 2.66. The molecule has 0 saturated carbocycles. The molecule has 2 unspecified atom stereocenters. The zero-order chi connectivity index (χ0) is 18.7. The topological polar surface area (TPSA) is 63.6 Å². The Labute approximate surface area is 140 Å². The fraction of sp³-hybridized carbons (Fsp3) is 0.600. The molecule has 4 nitrogen and oxygen atoms in total. The summed E-state index contributed by atoms with van der Waals surface area (Å²) in [7, 11) is -3.27. The number of aliphatic hydroxyl groups is 1. The smallest absolute Gasteiger partial charge is 0.426 e. The van der Waals surface area contributed by atoms with Crippen LogP contribution in [-0.2, 0) is 15.4 Å². The van der Waals surface area contributed by atoms with Crippen molar-refractivity contribution >= 4 is 9.84 Å². The third-order valence-corrected chi connectivity index (χ3v) is 7.50. The van der Waals surface area contributed by atoms with Crippen LogP contribution in [0.1, 0.15) is 31.2 Å². The molecule has 0 spiro atoms. The molecule has 1 aromatic rings. The summed E-state index contributed by atoms with van der Waals surface area (Å²) in [5.41, 5.74) is -1.19. The Kier molecular flexibility index (Phi) is 4.07. The molecule has 0 aliphatic carbocycles. The van der Waals surface area contributed by atoms with Gasteiger partial charge in [-0.2, -0.15) is 22.0 Å². The van der Waals surface area contributed by atoms with Crippen molar-refractivity contribution < 1.29 is 40.2 Å². The lowest BCUT2D eigenvalue weighted by Crippen LogP contribution is -2.43. The van der Waals surface area contributed by atoms with Gasteiger partial charge in [0.1, 0.15) is 5.75 Å². The first-order valence-corrected chi connectivity index (χ1v) is 9.15. The fourth-order valence-electron chi connectivity index (χ4n) is 3.52. The van der Waals surface area contributed by atoms with Gasteiger partial charge in [-0.15, -0.1) is 0 Å². The van der Waals surface area contributed by atoms with Gasteiger partial charge in [0.2, 0.25) is 0 Å². The largest absolute Gasteiger partial charge is 0.499 e. The predicted octanol–water partition coefficient (Wildman–Crippen LogP) is 3.15. The number of ether oxygens (including phenoxy) is 1. The highest BCUT2D eigenvalue weighted by atomic mass is 32.2. The van der Waals surface area contributed by atoms with E-state index in [2.05, 4.69) is 4.74 Å². The first-order valence-electron chi connectivity index (χ1n) is 7.54. The van der Waals surface area contributed by atoms with Gasteiger partial charge in [-0.3, -0.25) is 0 Å².